The Kier molecular flexibility index (Phi) is 9.63. The Balaban J connectivity index is 0.00000337. The maximum absolute atomic E-state index is 12.6. The van der Waals surface area contributed by atoms with Crippen molar-refractivity contribution in [2.24, 2.45) is 0 Å². The molecule has 0 amide bonds. The van der Waals surface area contributed by atoms with E-state index in [0.29, 0.717) is 12.2 Å². The minimum atomic E-state index is -0.262. The van der Waals surface area contributed by atoms with Crippen LogP contribution in [0.3, 0.4) is 0 Å². The van der Waals surface area contributed by atoms with Crippen LogP contribution < -0.4 is 9.64 Å². The summed E-state index contributed by atoms with van der Waals surface area (Å²) in [7, 11) is 0. The number of halogens is 1. The molecule has 1 N–H and O–H groups in total. The smallest absolute Gasteiger partial charge is 0.119 e. The van der Waals surface area contributed by atoms with Crippen LogP contribution >= 0.6 is 0 Å². The normalized spacial score (nSPS) is 19.4. The van der Waals surface area contributed by atoms with E-state index in [1.54, 1.807) is 6.07 Å². The average molecular weight is 559 g/mol. The van der Waals surface area contributed by atoms with Crippen LogP contribution in [-0.4, -0.2) is 68.7 Å². The Morgan fingerprint density at radius 2 is 1.66 bits per heavy atom. The van der Waals surface area contributed by atoms with Crippen molar-refractivity contribution in [3.63, 3.8) is 0 Å². The number of phenolic OH excluding ortho intramolecular Hbond substituents is 1. The highest BCUT2D eigenvalue weighted by Crippen LogP contribution is 2.41. The van der Waals surface area contributed by atoms with Gasteiger partial charge in [-0.3, -0.25) is 9.29 Å². The van der Waals surface area contributed by atoms with Crippen molar-refractivity contribution < 1.29 is 19.0 Å². The molecule has 2 heterocycles. The lowest BCUT2D eigenvalue weighted by Gasteiger charge is -2.29. The highest BCUT2D eigenvalue weighted by atomic mass is 19.1. The number of hydrogen-bond donors (Lipinski definition) is 1. The van der Waals surface area contributed by atoms with Gasteiger partial charge in [0.15, 0.2) is 0 Å². The number of aryl methyl sites for hydroxylation is 1. The summed E-state index contributed by atoms with van der Waals surface area (Å²) in [6, 6.07) is 23.3. The second kappa shape index (κ2) is 13.5. The number of phenols is 1. The first-order valence-electron chi connectivity index (χ1n) is 14.7. The molecule has 2 fully saturated rings. The van der Waals surface area contributed by atoms with E-state index in [0.717, 1.165) is 82.9 Å². The summed E-state index contributed by atoms with van der Waals surface area (Å²) in [4.78, 5) is 4.68. The fraction of sp³-hybridized carbons (Fsp3) is 0.429. The maximum atomic E-state index is 12.6. The molecule has 1 atom stereocenters. The second-order valence-corrected chi connectivity index (χ2v) is 11.1. The lowest BCUT2D eigenvalue weighted by atomic mass is 9.87. The number of allylic oxidation sites excluding steroid dienone is 1. The van der Waals surface area contributed by atoms with E-state index < -0.39 is 0 Å². The topological polar surface area (TPSA) is 45.2 Å². The third-order valence-corrected chi connectivity index (χ3v) is 8.41. The van der Waals surface area contributed by atoms with Crippen molar-refractivity contribution in [3.8, 4) is 11.5 Å². The van der Waals surface area contributed by atoms with E-state index in [4.69, 9.17) is 9.47 Å². The quantitative estimate of drug-likeness (QED) is 0.323. The van der Waals surface area contributed by atoms with Crippen molar-refractivity contribution in [2.75, 3.05) is 57.5 Å². The fourth-order valence-electron chi connectivity index (χ4n) is 6.36. The molecule has 2 aliphatic heterocycles. The van der Waals surface area contributed by atoms with Crippen LogP contribution in [0.25, 0.3) is 11.1 Å². The molecular weight excluding hydrogens is 515 g/mol. The summed E-state index contributed by atoms with van der Waals surface area (Å²) in [5.74, 6) is 1.19. The van der Waals surface area contributed by atoms with Crippen LogP contribution in [0.15, 0.2) is 66.7 Å². The van der Waals surface area contributed by atoms with E-state index in [2.05, 4.69) is 64.4 Å². The molecule has 5 nitrogen and oxygen atoms in total. The number of fused-ring (bicyclic) bond motifs is 1. The van der Waals surface area contributed by atoms with Gasteiger partial charge in [0, 0.05) is 38.4 Å². The van der Waals surface area contributed by atoms with Crippen LogP contribution in [0.1, 0.15) is 55.4 Å². The molecule has 0 spiro atoms. The van der Waals surface area contributed by atoms with Gasteiger partial charge >= 0.3 is 0 Å². The molecule has 6 rings (SSSR count). The number of likely N-dealkylation sites (tertiary alicyclic amines) is 1. The minimum Gasteiger partial charge on any atom is -0.508 e. The number of hydrogen-bond acceptors (Lipinski definition) is 5. The van der Waals surface area contributed by atoms with Crippen molar-refractivity contribution in [1.82, 2.24) is 4.90 Å². The zero-order valence-electron chi connectivity index (χ0n) is 23.2. The Bertz CT molecular complexity index is 1320. The van der Waals surface area contributed by atoms with E-state index in [1.165, 1.54) is 33.5 Å². The van der Waals surface area contributed by atoms with Gasteiger partial charge in [0.05, 0.1) is 19.9 Å². The number of ether oxygens (including phenoxy) is 2. The van der Waals surface area contributed by atoms with Gasteiger partial charge in [-0.2, -0.15) is 0 Å². The van der Waals surface area contributed by atoms with Crippen molar-refractivity contribution in [3.05, 3.63) is 89.0 Å². The Hall–Kier alpha value is -3.35. The third-order valence-electron chi connectivity index (χ3n) is 8.41. The van der Waals surface area contributed by atoms with Crippen LogP contribution in [0.4, 0.5) is 10.1 Å². The lowest BCUT2D eigenvalue weighted by molar-refractivity contribution is 0.122. The second-order valence-electron chi connectivity index (χ2n) is 11.1. The largest absolute Gasteiger partial charge is 0.508 e. The van der Waals surface area contributed by atoms with Crippen molar-refractivity contribution in [1.29, 1.82) is 0 Å². The van der Waals surface area contributed by atoms with Crippen LogP contribution in [0.2, 0.25) is 0 Å². The molecular formula is C35H43FN2O3. The molecule has 0 aromatic heterocycles. The van der Waals surface area contributed by atoms with Gasteiger partial charge in [0.2, 0.25) is 0 Å². The zero-order chi connectivity index (χ0) is 27.3. The summed E-state index contributed by atoms with van der Waals surface area (Å²) in [5, 5.41) is 10.2. The first kappa shape index (κ1) is 29.2. The molecule has 41 heavy (non-hydrogen) atoms. The average Bonchev–Trinajstić information content (AvgIpc) is 3.35. The van der Waals surface area contributed by atoms with Crippen LogP contribution in [0.5, 0.6) is 11.5 Å². The van der Waals surface area contributed by atoms with Gasteiger partial charge in [-0.25, -0.2) is 0 Å². The Morgan fingerprint density at radius 3 is 2.41 bits per heavy atom. The van der Waals surface area contributed by atoms with E-state index in [-0.39, 0.29) is 20.2 Å². The number of aromatic hydroxyl groups is 1. The molecule has 1 aliphatic carbocycles. The molecule has 0 saturated carbocycles. The SMILES string of the molecule is C.Oc1ccc2c(c1)CCCC(c1ccc(N3CCOCC3)cc1)=C2c1ccc(O[C@H]2CCN(CCCF)C2)cc1. The highest BCUT2D eigenvalue weighted by Gasteiger charge is 2.24. The first-order valence-corrected chi connectivity index (χ1v) is 14.7. The van der Waals surface area contributed by atoms with Gasteiger partial charge in [0.25, 0.3) is 0 Å². The summed E-state index contributed by atoms with van der Waals surface area (Å²) in [6.07, 6.45) is 4.64. The van der Waals surface area contributed by atoms with Crippen molar-refractivity contribution in [2.45, 2.75) is 45.6 Å². The Labute approximate surface area is 244 Å². The fourth-order valence-corrected chi connectivity index (χ4v) is 6.36. The molecule has 218 valence electrons. The minimum absolute atomic E-state index is 0. The van der Waals surface area contributed by atoms with Crippen LogP contribution in [0, 0.1) is 0 Å². The molecule has 3 aromatic rings. The number of anilines is 1. The van der Waals surface area contributed by atoms with Crippen molar-refractivity contribution >= 4 is 16.8 Å². The third kappa shape index (κ3) is 6.77. The van der Waals surface area contributed by atoms with E-state index >= 15 is 0 Å². The molecule has 6 heteroatoms. The molecule has 0 radical (unpaired) electrons. The molecule has 3 aliphatic rings. The molecule has 0 unspecified atom stereocenters. The van der Waals surface area contributed by atoms with Gasteiger partial charge < -0.3 is 19.5 Å². The standard InChI is InChI=1S/C34H39FN2O3.CH4/c35-16-2-17-36-18-15-31(24-36)40-30-12-7-26(8-13-30)34-32(4-1-3-27-23-29(38)11-14-33(27)34)25-5-9-28(10-6-25)37-19-21-39-22-20-37;/h5-14,23,31,38H,1-4,15-22,24H2;1H4/t31-;/m0./s1. The molecule has 3 aromatic carbocycles. The molecule has 0 bridgehead atoms. The zero-order valence-corrected chi connectivity index (χ0v) is 23.2. The van der Waals surface area contributed by atoms with E-state index in [1.807, 2.05) is 6.07 Å². The number of rotatable bonds is 8. The summed E-state index contributed by atoms with van der Waals surface area (Å²) in [5.41, 5.74) is 8.59. The summed E-state index contributed by atoms with van der Waals surface area (Å²) < 4.78 is 24.4. The predicted molar refractivity (Wildman–Crippen MR) is 166 cm³/mol. The highest BCUT2D eigenvalue weighted by molar-refractivity contribution is 6.00. The van der Waals surface area contributed by atoms with Gasteiger partial charge in [-0.1, -0.05) is 37.8 Å². The Morgan fingerprint density at radius 1 is 0.902 bits per heavy atom. The van der Waals surface area contributed by atoms with E-state index in [9.17, 15) is 9.50 Å². The number of benzene rings is 3. The number of alkyl halides is 1. The summed E-state index contributed by atoms with van der Waals surface area (Å²) >= 11 is 0. The summed E-state index contributed by atoms with van der Waals surface area (Å²) in [6.45, 7) is 5.76. The van der Waals surface area contributed by atoms with Gasteiger partial charge in [0.1, 0.15) is 17.6 Å². The van der Waals surface area contributed by atoms with Gasteiger partial charge in [-0.05, 0) is 102 Å². The number of nitrogens with zero attached hydrogens (tertiary/aromatic N) is 2. The first-order chi connectivity index (χ1) is 19.7. The predicted octanol–water partition coefficient (Wildman–Crippen LogP) is 6.97. The monoisotopic (exact) mass is 558 g/mol. The lowest BCUT2D eigenvalue weighted by Crippen LogP contribution is -2.36. The van der Waals surface area contributed by atoms with Gasteiger partial charge in [-0.15, -0.1) is 0 Å². The maximum Gasteiger partial charge on any atom is 0.119 e. The van der Waals surface area contributed by atoms with Crippen LogP contribution in [-0.2, 0) is 11.2 Å². The number of morpholine rings is 1. The molecule has 2 saturated heterocycles.